The van der Waals surface area contributed by atoms with Crippen LogP contribution in [-0.4, -0.2) is 27.9 Å². The first-order valence-corrected chi connectivity index (χ1v) is 10.9. The Morgan fingerprint density at radius 2 is 1.59 bits per heavy atom. The van der Waals surface area contributed by atoms with Crippen molar-refractivity contribution in [2.45, 2.75) is 45.0 Å². The lowest BCUT2D eigenvalue weighted by Gasteiger charge is -2.42. The van der Waals surface area contributed by atoms with E-state index in [0.29, 0.717) is 12.1 Å². The van der Waals surface area contributed by atoms with Gasteiger partial charge in [-0.1, -0.05) is 72.8 Å². The van der Waals surface area contributed by atoms with Gasteiger partial charge in [-0.2, -0.15) is 0 Å². The first kappa shape index (κ1) is 21.8. The van der Waals surface area contributed by atoms with Crippen molar-refractivity contribution in [2.75, 3.05) is 0 Å². The number of aliphatic hydroxyl groups is 1. The standard InChI is InChI=1S/C27H28N2O3/c1-18(2)28-26(31)24-22-10-6-7-11-23(22)27(32)29(16-19-8-4-3-5-9-19)25(24)21-14-12-20(17-30)13-15-21/h3-15,18,24-25,30H,16-17H2,1-2H3,(H,28,31)/t24-,25+/m1/s1. The minimum atomic E-state index is -0.546. The average Bonchev–Trinajstić information content (AvgIpc) is 2.81. The largest absolute Gasteiger partial charge is 0.392 e. The van der Waals surface area contributed by atoms with Gasteiger partial charge in [0.1, 0.15) is 0 Å². The van der Waals surface area contributed by atoms with Gasteiger partial charge in [0.25, 0.3) is 5.91 Å². The molecule has 164 valence electrons. The highest BCUT2D eigenvalue weighted by Gasteiger charge is 2.44. The summed E-state index contributed by atoms with van der Waals surface area (Å²) in [6.45, 7) is 4.21. The molecular formula is C27H28N2O3. The number of hydrogen-bond donors (Lipinski definition) is 2. The predicted molar refractivity (Wildman–Crippen MR) is 124 cm³/mol. The van der Waals surface area contributed by atoms with E-state index in [-0.39, 0.29) is 24.5 Å². The second-order valence-electron chi connectivity index (χ2n) is 8.49. The van der Waals surface area contributed by atoms with E-state index in [0.717, 1.165) is 22.3 Å². The maximum atomic E-state index is 13.7. The third-order valence-corrected chi connectivity index (χ3v) is 5.85. The first-order valence-electron chi connectivity index (χ1n) is 10.9. The number of carbonyl (C=O) groups excluding carboxylic acids is 2. The van der Waals surface area contributed by atoms with Crippen molar-refractivity contribution in [1.82, 2.24) is 10.2 Å². The van der Waals surface area contributed by atoms with Crippen molar-refractivity contribution < 1.29 is 14.7 Å². The Morgan fingerprint density at radius 3 is 2.25 bits per heavy atom. The molecular weight excluding hydrogens is 400 g/mol. The molecule has 0 unspecified atom stereocenters. The molecule has 1 aliphatic rings. The van der Waals surface area contributed by atoms with Crippen LogP contribution in [0.15, 0.2) is 78.9 Å². The number of fused-ring (bicyclic) bond motifs is 1. The lowest BCUT2D eigenvalue weighted by atomic mass is 9.78. The Bertz CT molecular complexity index is 1090. The van der Waals surface area contributed by atoms with Crippen molar-refractivity contribution in [2.24, 2.45) is 0 Å². The van der Waals surface area contributed by atoms with Crippen LogP contribution in [0, 0.1) is 0 Å². The molecule has 0 spiro atoms. The summed E-state index contributed by atoms with van der Waals surface area (Å²) in [6, 6.07) is 24.2. The van der Waals surface area contributed by atoms with Gasteiger partial charge in [0.15, 0.2) is 0 Å². The highest BCUT2D eigenvalue weighted by atomic mass is 16.3. The average molecular weight is 429 g/mol. The molecule has 0 saturated heterocycles. The smallest absolute Gasteiger partial charge is 0.255 e. The van der Waals surface area contributed by atoms with E-state index in [4.69, 9.17) is 0 Å². The molecule has 5 heteroatoms. The van der Waals surface area contributed by atoms with Gasteiger partial charge >= 0.3 is 0 Å². The third kappa shape index (κ3) is 4.30. The van der Waals surface area contributed by atoms with Crippen molar-refractivity contribution in [1.29, 1.82) is 0 Å². The summed E-state index contributed by atoms with van der Waals surface area (Å²) in [7, 11) is 0. The van der Waals surface area contributed by atoms with E-state index in [2.05, 4.69) is 5.32 Å². The summed E-state index contributed by atoms with van der Waals surface area (Å²) in [5.74, 6) is -0.737. The second kappa shape index (κ2) is 9.37. The molecule has 1 heterocycles. The molecule has 0 radical (unpaired) electrons. The molecule has 4 rings (SSSR count). The van der Waals surface area contributed by atoms with Crippen LogP contribution in [0.5, 0.6) is 0 Å². The molecule has 0 saturated carbocycles. The first-order chi connectivity index (χ1) is 15.5. The SMILES string of the molecule is CC(C)NC(=O)[C@@H]1c2ccccc2C(=O)N(Cc2ccccc2)[C@H]1c1ccc(CO)cc1. The summed E-state index contributed by atoms with van der Waals surface area (Å²) < 4.78 is 0. The molecule has 0 aromatic heterocycles. The normalized spacial score (nSPS) is 17.9. The topological polar surface area (TPSA) is 69.6 Å². The number of benzene rings is 3. The van der Waals surface area contributed by atoms with Gasteiger partial charge in [-0.25, -0.2) is 0 Å². The Kier molecular flexibility index (Phi) is 6.37. The Balaban J connectivity index is 1.87. The zero-order chi connectivity index (χ0) is 22.7. The number of aliphatic hydroxyl groups excluding tert-OH is 1. The summed E-state index contributed by atoms with van der Waals surface area (Å²) in [6.07, 6.45) is 0. The Labute approximate surface area is 188 Å². The molecule has 32 heavy (non-hydrogen) atoms. The van der Waals surface area contributed by atoms with Crippen molar-refractivity contribution in [3.8, 4) is 0 Å². The van der Waals surface area contributed by atoms with Crippen LogP contribution in [0.4, 0.5) is 0 Å². The van der Waals surface area contributed by atoms with Crippen LogP contribution >= 0.6 is 0 Å². The number of nitrogens with one attached hydrogen (secondary N) is 1. The fraction of sp³-hybridized carbons (Fsp3) is 0.259. The molecule has 0 bridgehead atoms. The number of rotatable bonds is 6. The van der Waals surface area contributed by atoms with E-state index in [1.807, 2.05) is 86.6 Å². The van der Waals surface area contributed by atoms with E-state index >= 15 is 0 Å². The highest BCUT2D eigenvalue weighted by molar-refractivity contribution is 6.01. The van der Waals surface area contributed by atoms with Crippen LogP contribution in [0.3, 0.4) is 0 Å². The van der Waals surface area contributed by atoms with Gasteiger partial charge in [-0.15, -0.1) is 0 Å². The number of amides is 2. The van der Waals surface area contributed by atoms with Gasteiger partial charge in [0.2, 0.25) is 5.91 Å². The van der Waals surface area contributed by atoms with Crippen molar-refractivity contribution in [3.63, 3.8) is 0 Å². The predicted octanol–water partition coefficient (Wildman–Crippen LogP) is 4.18. The van der Waals surface area contributed by atoms with Gasteiger partial charge < -0.3 is 15.3 Å². The fourth-order valence-electron chi connectivity index (χ4n) is 4.40. The van der Waals surface area contributed by atoms with E-state index < -0.39 is 12.0 Å². The van der Waals surface area contributed by atoms with Gasteiger partial charge in [0, 0.05) is 18.2 Å². The molecule has 2 N–H and O–H groups in total. The van der Waals surface area contributed by atoms with Crippen molar-refractivity contribution >= 4 is 11.8 Å². The molecule has 3 aromatic carbocycles. The van der Waals surface area contributed by atoms with E-state index in [9.17, 15) is 14.7 Å². The van der Waals surface area contributed by atoms with Crippen LogP contribution in [0.1, 0.15) is 58.4 Å². The molecule has 0 fully saturated rings. The highest BCUT2D eigenvalue weighted by Crippen LogP contribution is 2.43. The molecule has 1 aliphatic heterocycles. The Hall–Kier alpha value is -3.44. The molecule has 3 aromatic rings. The molecule has 5 nitrogen and oxygen atoms in total. The fourth-order valence-corrected chi connectivity index (χ4v) is 4.40. The minimum Gasteiger partial charge on any atom is -0.392 e. The zero-order valence-electron chi connectivity index (χ0n) is 18.4. The lowest BCUT2D eigenvalue weighted by Crippen LogP contribution is -2.48. The minimum absolute atomic E-state index is 0.0210. The maximum Gasteiger partial charge on any atom is 0.255 e. The summed E-state index contributed by atoms with van der Waals surface area (Å²) in [5, 5.41) is 12.5. The quantitative estimate of drug-likeness (QED) is 0.619. The molecule has 2 amide bonds. The summed E-state index contributed by atoms with van der Waals surface area (Å²) in [4.78, 5) is 29.0. The lowest BCUT2D eigenvalue weighted by molar-refractivity contribution is -0.124. The zero-order valence-corrected chi connectivity index (χ0v) is 18.4. The Morgan fingerprint density at radius 1 is 0.938 bits per heavy atom. The second-order valence-corrected chi connectivity index (χ2v) is 8.49. The number of hydrogen-bond acceptors (Lipinski definition) is 3. The van der Waals surface area contributed by atoms with Gasteiger partial charge in [0.05, 0.1) is 18.6 Å². The van der Waals surface area contributed by atoms with Crippen LogP contribution in [0.25, 0.3) is 0 Å². The van der Waals surface area contributed by atoms with Crippen LogP contribution in [0.2, 0.25) is 0 Å². The van der Waals surface area contributed by atoms with Crippen LogP contribution in [-0.2, 0) is 17.9 Å². The monoisotopic (exact) mass is 428 g/mol. The maximum absolute atomic E-state index is 13.7. The van der Waals surface area contributed by atoms with Crippen LogP contribution < -0.4 is 5.32 Å². The summed E-state index contributed by atoms with van der Waals surface area (Å²) >= 11 is 0. The third-order valence-electron chi connectivity index (χ3n) is 5.85. The summed E-state index contributed by atoms with van der Waals surface area (Å²) in [5.41, 5.74) is 3.96. The number of nitrogens with zero attached hydrogens (tertiary/aromatic N) is 1. The number of carbonyl (C=O) groups is 2. The molecule has 2 atom stereocenters. The van der Waals surface area contributed by atoms with Gasteiger partial charge in [-0.3, -0.25) is 9.59 Å². The van der Waals surface area contributed by atoms with Gasteiger partial charge in [-0.05, 0) is 42.2 Å². The molecule has 0 aliphatic carbocycles. The van der Waals surface area contributed by atoms with E-state index in [1.54, 1.807) is 11.0 Å². The van der Waals surface area contributed by atoms with Crippen molar-refractivity contribution in [3.05, 3.63) is 107 Å². The van der Waals surface area contributed by atoms with E-state index in [1.165, 1.54) is 0 Å².